The summed E-state index contributed by atoms with van der Waals surface area (Å²) in [6.45, 7) is 3.15. The van der Waals surface area contributed by atoms with Crippen LogP contribution in [0.1, 0.15) is 12.5 Å². The molecule has 0 saturated carbocycles. The molecule has 4 N–H and O–H groups in total. The third kappa shape index (κ3) is 17.7. The molecule has 0 heterocycles. The van der Waals surface area contributed by atoms with E-state index in [9.17, 15) is 23.6 Å². The lowest BCUT2D eigenvalue weighted by Gasteiger charge is -2.18. The van der Waals surface area contributed by atoms with Crippen LogP contribution in [0, 0.1) is 0 Å². The number of likely N-dealkylation sites (N-methyl/N-ethyl adjacent to an activating group) is 1. The monoisotopic (exact) mass is 558 g/mol. The topological polar surface area (TPSA) is 144 Å². The molecule has 0 spiro atoms. The molecule has 0 aliphatic heterocycles. The fraction of sp³-hybridized carbons (Fsp3) is 0.600. The second-order valence-electron chi connectivity index (χ2n) is 7.84. The van der Waals surface area contributed by atoms with Crippen LogP contribution in [0.5, 0.6) is 0 Å². The van der Waals surface area contributed by atoms with Gasteiger partial charge in [-0.05, 0) is 12.5 Å². The first-order chi connectivity index (χ1) is 18.5. The summed E-state index contributed by atoms with van der Waals surface area (Å²) >= 11 is 1.36. The summed E-state index contributed by atoms with van der Waals surface area (Å²) in [5, 5.41) is 10.3. The highest BCUT2D eigenvalue weighted by Gasteiger charge is 2.21. The number of nitrogens with one attached hydrogen (secondary N) is 4. The van der Waals surface area contributed by atoms with Crippen molar-refractivity contribution in [2.45, 2.75) is 19.4 Å². The van der Waals surface area contributed by atoms with Crippen molar-refractivity contribution in [2.24, 2.45) is 0 Å². The van der Waals surface area contributed by atoms with Crippen molar-refractivity contribution in [2.75, 3.05) is 77.5 Å². The maximum atomic E-state index is 12.3. The molecule has 0 aliphatic carbocycles. The number of hydrogen-bond acceptors (Lipinski definition) is 8. The van der Waals surface area contributed by atoms with E-state index in [0.717, 1.165) is 5.56 Å². The largest absolute Gasteiger partial charge is 0.378 e. The van der Waals surface area contributed by atoms with E-state index in [2.05, 4.69) is 21.3 Å². The Morgan fingerprint density at radius 1 is 0.816 bits per heavy atom. The van der Waals surface area contributed by atoms with Crippen LogP contribution in [0.15, 0.2) is 30.3 Å². The Morgan fingerprint density at radius 2 is 1.42 bits per heavy atom. The van der Waals surface area contributed by atoms with Crippen molar-refractivity contribution < 1.29 is 37.8 Å². The molecule has 1 aromatic carbocycles. The molecule has 0 fully saturated rings. The number of amides is 4. The fourth-order valence-electron chi connectivity index (χ4n) is 2.95. The van der Waals surface area contributed by atoms with Crippen LogP contribution >= 0.6 is 11.8 Å². The zero-order valence-electron chi connectivity index (χ0n) is 21.8. The average molecular weight is 559 g/mol. The van der Waals surface area contributed by atoms with Crippen LogP contribution in [0.3, 0.4) is 0 Å². The van der Waals surface area contributed by atoms with E-state index < -0.39 is 24.5 Å². The van der Waals surface area contributed by atoms with Crippen molar-refractivity contribution >= 4 is 35.4 Å². The Balaban J connectivity index is 2.13. The normalized spacial score (nSPS) is 11.4. The second-order valence-corrected chi connectivity index (χ2v) is 8.94. The number of thioether (sulfide) groups is 1. The third-order valence-corrected chi connectivity index (χ3v) is 5.67. The zero-order chi connectivity index (χ0) is 27.8. The Labute approximate surface area is 227 Å². The summed E-state index contributed by atoms with van der Waals surface area (Å²) in [5.41, 5.74) is 0.891. The molecular weight excluding hydrogens is 519 g/mol. The molecule has 4 amide bonds. The molecule has 11 nitrogen and oxygen atoms in total. The van der Waals surface area contributed by atoms with Gasteiger partial charge in [0.05, 0.1) is 58.5 Å². The summed E-state index contributed by atoms with van der Waals surface area (Å²) in [7, 11) is 0. The van der Waals surface area contributed by atoms with Gasteiger partial charge in [-0.1, -0.05) is 30.3 Å². The summed E-state index contributed by atoms with van der Waals surface area (Å²) in [6.07, 6.45) is 0.316. The van der Waals surface area contributed by atoms with Gasteiger partial charge in [0, 0.05) is 18.7 Å². The Morgan fingerprint density at radius 3 is 2.08 bits per heavy atom. The lowest BCUT2D eigenvalue weighted by molar-refractivity contribution is -0.130. The molecule has 1 rings (SSSR count). The number of rotatable bonds is 22. The lowest BCUT2D eigenvalue weighted by Crippen LogP contribution is -2.51. The minimum absolute atomic E-state index is 0.0723. The maximum Gasteiger partial charge on any atom is 0.242 e. The number of ether oxygens (including phenoxy) is 3. The molecule has 1 unspecified atom stereocenters. The highest BCUT2D eigenvalue weighted by molar-refractivity contribution is 7.99. The molecule has 0 aliphatic rings. The number of hydrogen-bond donors (Lipinski definition) is 4. The van der Waals surface area contributed by atoms with Crippen molar-refractivity contribution in [3.8, 4) is 0 Å². The van der Waals surface area contributed by atoms with E-state index in [1.165, 1.54) is 11.8 Å². The summed E-state index contributed by atoms with van der Waals surface area (Å²) in [6, 6.07) is 8.51. The van der Waals surface area contributed by atoms with Gasteiger partial charge in [0.25, 0.3) is 0 Å². The first-order valence-electron chi connectivity index (χ1n) is 12.5. The van der Waals surface area contributed by atoms with Crippen LogP contribution in [0.2, 0.25) is 0 Å². The number of carbonyl (C=O) groups excluding carboxylic acids is 4. The Hall–Kier alpha value is -2.74. The Bertz CT molecular complexity index is 820. The average Bonchev–Trinajstić information content (AvgIpc) is 2.91. The number of carbonyl (C=O) groups is 4. The van der Waals surface area contributed by atoms with Gasteiger partial charge in [-0.25, -0.2) is 4.39 Å². The zero-order valence-corrected chi connectivity index (χ0v) is 22.6. The smallest absolute Gasteiger partial charge is 0.242 e. The highest BCUT2D eigenvalue weighted by atomic mass is 32.2. The van der Waals surface area contributed by atoms with Crippen LogP contribution in [-0.4, -0.2) is 107 Å². The summed E-state index contributed by atoms with van der Waals surface area (Å²) in [4.78, 5) is 48.5. The molecule has 0 aromatic heterocycles. The van der Waals surface area contributed by atoms with Crippen molar-refractivity contribution in [1.82, 2.24) is 21.3 Å². The van der Waals surface area contributed by atoms with E-state index >= 15 is 0 Å². The SMILES string of the molecule is CCNC(=O)C(Cc1ccccc1)NC(=O)CNC(=O)CNC(=O)CSCCOCCOCCOCCF. The van der Waals surface area contributed by atoms with E-state index in [0.29, 0.717) is 51.8 Å². The van der Waals surface area contributed by atoms with E-state index in [4.69, 9.17) is 14.2 Å². The molecule has 1 aromatic rings. The van der Waals surface area contributed by atoms with Gasteiger partial charge in [0.15, 0.2) is 0 Å². The fourth-order valence-corrected chi connectivity index (χ4v) is 3.62. The first kappa shape index (κ1) is 33.3. The second kappa shape index (κ2) is 22.3. The third-order valence-electron chi connectivity index (χ3n) is 4.75. The molecule has 0 saturated heterocycles. The van der Waals surface area contributed by atoms with Crippen molar-refractivity contribution in [3.05, 3.63) is 35.9 Å². The van der Waals surface area contributed by atoms with Gasteiger partial charge in [-0.2, -0.15) is 0 Å². The van der Waals surface area contributed by atoms with Gasteiger partial charge in [0.1, 0.15) is 12.7 Å². The van der Waals surface area contributed by atoms with Gasteiger partial charge >= 0.3 is 0 Å². The predicted octanol–water partition coefficient (Wildman–Crippen LogP) is -0.165. The van der Waals surface area contributed by atoms with Gasteiger partial charge in [-0.3, -0.25) is 19.2 Å². The Kier molecular flexibility index (Phi) is 19.5. The van der Waals surface area contributed by atoms with Gasteiger partial charge in [-0.15, -0.1) is 11.8 Å². The standard InChI is InChI=1S/C25H39FN4O7S/c1-2-27-25(34)21(16-20-6-4-3-5-7-20)30-23(32)18-28-22(31)17-29-24(33)19-38-15-14-37-13-12-36-11-10-35-9-8-26/h3-7,21H,2,8-19H2,1H3,(H,27,34)(H,28,31)(H,29,33)(H,30,32). The predicted molar refractivity (Wildman–Crippen MR) is 143 cm³/mol. The quantitative estimate of drug-likeness (QED) is 0.144. The lowest BCUT2D eigenvalue weighted by atomic mass is 10.1. The van der Waals surface area contributed by atoms with Gasteiger partial charge in [0.2, 0.25) is 23.6 Å². The molecule has 38 heavy (non-hydrogen) atoms. The van der Waals surface area contributed by atoms with E-state index in [-0.39, 0.29) is 37.3 Å². The summed E-state index contributed by atoms with van der Waals surface area (Å²) in [5.74, 6) is -0.901. The molecule has 0 bridgehead atoms. The van der Waals surface area contributed by atoms with Crippen molar-refractivity contribution in [3.63, 3.8) is 0 Å². The molecule has 13 heteroatoms. The highest BCUT2D eigenvalue weighted by Crippen LogP contribution is 2.03. The number of benzene rings is 1. The molecule has 214 valence electrons. The minimum Gasteiger partial charge on any atom is -0.378 e. The molecule has 1 atom stereocenters. The first-order valence-corrected chi connectivity index (χ1v) is 13.6. The van der Waals surface area contributed by atoms with Crippen LogP contribution in [0.4, 0.5) is 4.39 Å². The van der Waals surface area contributed by atoms with E-state index in [1.54, 1.807) is 6.92 Å². The molecular formula is C25H39FN4O7S. The van der Waals surface area contributed by atoms with Crippen LogP contribution < -0.4 is 21.3 Å². The van der Waals surface area contributed by atoms with Crippen LogP contribution in [0.25, 0.3) is 0 Å². The minimum atomic E-state index is -0.775. The number of alkyl halides is 1. The van der Waals surface area contributed by atoms with E-state index in [1.807, 2.05) is 30.3 Å². The van der Waals surface area contributed by atoms with Crippen LogP contribution in [-0.2, 0) is 39.8 Å². The molecule has 0 radical (unpaired) electrons. The van der Waals surface area contributed by atoms with Gasteiger partial charge < -0.3 is 35.5 Å². The number of halogens is 1. The van der Waals surface area contributed by atoms with Crippen molar-refractivity contribution in [1.29, 1.82) is 0 Å². The summed E-state index contributed by atoms with van der Waals surface area (Å²) < 4.78 is 27.4. The maximum absolute atomic E-state index is 12.3.